The summed E-state index contributed by atoms with van der Waals surface area (Å²) in [7, 11) is 1.30. The number of amides is 2. The van der Waals surface area contributed by atoms with Crippen molar-refractivity contribution in [2.24, 2.45) is 0 Å². The highest BCUT2D eigenvalue weighted by molar-refractivity contribution is 6.04. The van der Waals surface area contributed by atoms with Crippen molar-refractivity contribution in [1.82, 2.24) is 15.2 Å². The highest BCUT2D eigenvalue weighted by Gasteiger charge is 2.36. The molecular formula is C18H27N3O4. The molecule has 7 nitrogen and oxygen atoms in total. The van der Waals surface area contributed by atoms with Crippen molar-refractivity contribution in [2.75, 3.05) is 13.7 Å². The number of H-pyrrole nitrogens is 1. The number of Topliss-reactive ketones (excluding diaryl/α,β-unsaturated/α-hetero) is 1. The van der Waals surface area contributed by atoms with Crippen molar-refractivity contribution in [2.45, 2.75) is 59.0 Å². The maximum atomic E-state index is 12.8. The van der Waals surface area contributed by atoms with Gasteiger partial charge in [-0.2, -0.15) is 0 Å². The fraction of sp³-hybridized carbons (Fsp3) is 0.611. The summed E-state index contributed by atoms with van der Waals surface area (Å²) in [5.41, 5.74) is 1.52. The standard InChI is InChI=1S/C18H27N3O4/c1-10-14(11(2)19-15(10)16(23)25-6)13(22)9-21(12-7-8-12)17(24)20-18(3,4)5/h12,19H,7-9H2,1-6H3,(H,20,24). The molecule has 0 spiro atoms. The second-order valence-corrected chi connectivity index (χ2v) is 7.58. The van der Waals surface area contributed by atoms with E-state index in [4.69, 9.17) is 4.74 Å². The summed E-state index contributed by atoms with van der Waals surface area (Å²) in [6, 6.07) is -0.131. The molecule has 1 aliphatic rings. The zero-order valence-corrected chi connectivity index (χ0v) is 15.8. The van der Waals surface area contributed by atoms with E-state index in [0.717, 1.165) is 12.8 Å². The van der Waals surface area contributed by atoms with Gasteiger partial charge in [0.15, 0.2) is 5.78 Å². The Morgan fingerprint density at radius 3 is 2.32 bits per heavy atom. The van der Waals surface area contributed by atoms with Crippen LogP contribution in [-0.4, -0.2) is 52.9 Å². The molecule has 138 valence electrons. The number of ketones is 1. The molecule has 1 aromatic heterocycles. The Kier molecular flexibility index (Phi) is 5.25. The number of aromatic nitrogens is 1. The van der Waals surface area contributed by atoms with Crippen LogP contribution in [0.4, 0.5) is 4.79 Å². The minimum atomic E-state index is -0.510. The first kappa shape index (κ1) is 19.0. The molecule has 2 amide bonds. The SMILES string of the molecule is COC(=O)c1[nH]c(C)c(C(=O)CN(C(=O)NC(C)(C)C)C2CC2)c1C. The lowest BCUT2D eigenvalue weighted by Crippen LogP contribution is -2.50. The van der Waals surface area contributed by atoms with E-state index in [9.17, 15) is 14.4 Å². The van der Waals surface area contributed by atoms with Crippen molar-refractivity contribution in [1.29, 1.82) is 0 Å². The summed E-state index contributed by atoms with van der Waals surface area (Å²) < 4.78 is 4.73. The third kappa shape index (κ3) is 4.41. The number of nitrogens with zero attached hydrogens (tertiary/aromatic N) is 1. The third-order valence-corrected chi connectivity index (χ3v) is 4.15. The number of hydrogen-bond acceptors (Lipinski definition) is 4. The Morgan fingerprint density at radius 1 is 1.24 bits per heavy atom. The quantitative estimate of drug-likeness (QED) is 0.631. The number of ether oxygens (including phenoxy) is 1. The molecule has 1 saturated carbocycles. The number of rotatable bonds is 5. The zero-order chi connectivity index (χ0) is 18.9. The molecule has 25 heavy (non-hydrogen) atoms. The molecular weight excluding hydrogens is 322 g/mol. The maximum absolute atomic E-state index is 12.8. The summed E-state index contributed by atoms with van der Waals surface area (Å²) >= 11 is 0. The minimum absolute atomic E-state index is 0.00722. The summed E-state index contributed by atoms with van der Waals surface area (Å²) in [6.45, 7) is 9.15. The second-order valence-electron chi connectivity index (χ2n) is 7.58. The van der Waals surface area contributed by atoms with Gasteiger partial charge in [0, 0.05) is 22.8 Å². The first-order chi connectivity index (χ1) is 11.5. The van der Waals surface area contributed by atoms with Crippen molar-refractivity contribution in [3.63, 3.8) is 0 Å². The Hall–Kier alpha value is -2.31. The van der Waals surface area contributed by atoms with Gasteiger partial charge < -0.3 is 19.9 Å². The van der Waals surface area contributed by atoms with E-state index in [1.807, 2.05) is 20.8 Å². The average molecular weight is 349 g/mol. The zero-order valence-electron chi connectivity index (χ0n) is 15.8. The molecule has 1 aliphatic carbocycles. The van der Waals surface area contributed by atoms with Crippen LogP contribution >= 0.6 is 0 Å². The fourth-order valence-electron chi connectivity index (χ4n) is 2.85. The molecule has 2 rings (SSSR count). The number of carbonyl (C=O) groups is 3. The highest BCUT2D eigenvalue weighted by atomic mass is 16.5. The van der Waals surface area contributed by atoms with Crippen LogP contribution in [0, 0.1) is 13.8 Å². The Morgan fingerprint density at radius 2 is 1.84 bits per heavy atom. The van der Waals surface area contributed by atoms with E-state index in [2.05, 4.69) is 10.3 Å². The van der Waals surface area contributed by atoms with Gasteiger partial charge in [0.1, 0.15) is 5.69 Å². The van der Waals surface area contributed by atoms with E-state index in [1.165, 1.54) is 7.11 Å². The number of hydrogen-bond donors (Lipinski definition) is 2. The molecule has 0 atom stereocenters. The van der Waals surface area contributed by atoms with Gasteiger partial charge in [0.05, 0.1) is 13.7 Å². The van der Waals surface area contributed by atoms with E-state index in [1.54, 1.807) is 18.7 Å². The van der Waals surface area contributed by atoms with Crippen LogP contribution in [0.1, 0.15) is 65.7 Å². The molecule has 0 saturated heterocycles. The van der Waals surface area contributed by atoms with E-state index in [-0.39, 0.29) is 35.6 Å². The first-order valence-electron chi connectivity index (χ1n) is 8.44. The lowest BCUT2D eigenvalue weighted by Gasteiger charge is -2.28. The lowest BCUT2D eigenvalue weighted by molar-refractivity contribution is 0.0593. The third-order valence-electron chi connectivity index (χ3n) is 4.15. The predicted octanol–water partition coefficient (Wildman–Crippen LogP) is 2.57. The van der Waals surface area contributed by atoms with Gasteiger partial charge in [-0.1, -0.05) is 0 Å². The van der Waals surface area contributed by atoms with Gasteiger partial charge in [-0.3, -0.25) is 4.79 Å². The van der Waals surface area contributed by atoms with Crippen molar-refractivity contribution in [3.05, 3.63) is 22.5 Å². The van der Waals surface area contributed by atoms with Crippen LogP contribution < -0.4 is 5.32 Å². The van der Waals surface area contributed by atoms with E-state index < -0.39 is 5.97 Å². The van der Waals surface area contributed by atoms with Crippen LogP contribution in [0.25, 0.3) is 0 Å². The van der Waals surface area contributed by atoms with Crippen molar-refractivity contribution in [3.8, 4) is 0 Å². The van der Waals surface area contributed by atoms with E-state index >= 15 is 0 Å². The minimum Gasteiger partial charge on any atom is -0.464 e. The van der Waals surface area contributed by atoms with Crippen LogP contribution in [0.2, 0.25) is 0 Å². The predicted molar refractivity (Wildman–Crippen MR) is 93.9 cm³/mol. The number of aromatic amines is 1. The second kappa shape index (κ2) is 6.90. The van der Waals surface area contributed by atoms with Crippen LogP contribution in [0.15, 0.2) is 0 Å². The van der Waals surface area contributed by atoms with Crippen LogP contribution in [0.3, 0.4) is 0 Å². The van der Waals surface area contributed by atoms with E-state index in [0.29, 0.717) is 16.8 Å². The topological polar surface area (TPSA) is 91.5 Å². The largest absolute Gasteiger partial charge is 0.464 e. The molecule has 0 radical (unpaired) electrons. The molecule has 0 aromatic carbocycles. The van der Waals surface area contributed by atoms with Gasteiger partial charge in [-0.25, -0.2) is 9.59 Å². The lowest BCUT2D eigenvalue weighted by atomic mass is 10.1. The van der Waals surface area contributed by atoms with Crippen molar-refractivity contribution >= 4 is 17.8 Å². The summed E-state index contributed by atoms with van der Waals surface area (Å²) in [6.07, 6.45) is 1.81. The highest BCUT2D eigenvalue weighted by Crippen LogP contribution is 2.28. The molecule has 1 aromatic rings. The van der Waals surface area contributed by atoms with Gasteiger partial charge in [-0.15, -0.1) is 0 Å². The van der Waals surface area contributed by atoms with Gasteiger partial charge in [-0.05, 0) is 53.0 Å². The first-order valence-corrected chi connectivity index (χ1v) is 8.44. The van der Waals surface area contributed by atoms with Crippen LogP contribution in [-0.2, 0) is 4.74 Å². The number of aryl methyl sites for hydroxylation is 1. The Bertz CT molecular complexity index is 696. The summed E-state index contributed by atoms with van der Waals surface area (Å²) in [4.78, 5) is 41.6. The van der Waals surface area contributed by atoms with Gasteiger partial charge >= 0.3 is 12.0 Å². The smallest absolute Gasteiger partial charge is 0.354 e. The molecule has 0 unspecified atom stereocenters. The maximum Gasteiger partial charge on any atom is 0.354 e. The summed E-state index contributed by atoms with van der Waals surface area (Å²) in [5.74, 6) is -0.693. The Labute approximate surface area is 148 Å². The Balaban J connectivity index is 2.21. The molecule has 0 bridgehead atoms. The number of carbonyl (C=O) groups excluding carboxylic acids is 3. The number of methoxy groups -OCH3 is 1. The normalized spacial score (nSPS) is 14.2. The number of esters is 1. The number of nitrogens with one attached hydrogen (secondary N) is 2. The van der Waals surface area contributed by atoms with Crippen molar-refractivity contribution < 1.29 is 19.1 Å². The van der Waals surface area contributed by atoms with Gasteiger partial charge in [0.25, 0.3) is 0 Å². The number of urea groups is 1. The van der Waals surface area contributed by atoms with Gasteiger partial charge in [0.2, 0.25) is 0 Å². The fourth-order valence-corrected chi connectivity index (χ4v) is 2.85. The molecule has 1 heterocycles. The molecule has 1 fully saturated rings. The monoisotopic (exact) mass is 349 g/mol. The summed E-state index contributed by atoms with van der Waals surface area (Å²) in [5, 5.41) is 2.91. The molecule has 7 heteroatoms. The van der Waals surface area contributed by atoms with Crippen LogP contribution in [0.5, 0.6) is 0 Å². The average Bonchev–Trinajstić information content (AvgIpc) is 3.27. The molecule has 0 aliphatic heterocycles. The molecule has 2 N–H and O–H groups in total.